The number of nitrogens with zero attached hydrogens (tertiary/aromatic N) is 2. The monoisotopic (exact) mass is 183 g/mol. The number of hydrogen-bond acceptors (Lipinski definition) is 2. The number of hydrogen-bond donors (Lipinski definition) is 1. The molecule has 74 valence electrons. The average Bonchev–Trinajstić information content (AvgIpc) is 2.18. The zero-order valence-electron chi connectivity index (χ0n) is 8.12. The zero-order chi connectivity index (χ0) is 9.68. The molecule has 1 saturated carbocycles. The summed E-state index contributed by atoms with van der Waals surface area (Å²) in [6, 6.07) is 0.234. The van der Waals surface area contributed by atoms with Gasteiger partial charge in [-0.2, -0.15) is 5.10 Å². The van der Waals surface area contributed by atoms with Crippen LogP contribution in [0.5, 0.6) is 0 Å². The van der Waals surface area contributed by atoms with Crippen LogP contribution in [0.1, 0.15) is 32.1 Å². The lowest BCUT2D eigenvalue weighted by Crippen LogP contribution is -2.42. The summed E-state index contributed by atoms with van der Waals surface area (Å²) in [5, 5.41) is 3.36. The Morgan fingerprint density at radius 3 is 2.62 bits per heavy atom. The van der Waals surface area contributed by atoms with E-state index in [4.69, 9.17) is 0 Å². The highest BCUT2D eigenvalue weighted by molar-refractivity contribution is 5.74. The number of rotatable bonds is 2. The van der Waals surface area contributed by atoms with Crippen LogP contribution < -0.4 is 5.43 Å². The van der Waals surface area contributed by atoms with Crippen molar-refractivity contribution in [2.24, 2.45) is 5.10 Å². The fourth-order valence-corrected chi connectivity index (χ4v) is 1.78. The van der Waals surface area contributed by atoms with Crippen molar-refractivity contribution in [1.82, 2.24) is 10.3 Å². The van der Waals surface area contributed by atoms with E-state index in [-0.39, 0.29) is 6.03 Å². The van der Waals surface area contributed by atoms with Crippen molar-refractivity contribution in [2.45, 2.75) is 38.1 Å². The molecular weight excluding hydrogens is 166 g/mol. The maximum absolute atomic E-state index is 11.3. The van der Waals surface area contributed by atoms with Crippen molar-refractivity contribution in [2.75, 3.05) is 7.05 Å². The minimum absolute atomic E-state index is 0.151. The zero-order valence-corrected chi connectivity index (χ0v) is 8.12. The lowest BCUT2D eigenvalue weighted by atomic mass is 9.95. The molecule has 0 spiro atoms. The molecule has 0 aromatic heterocycles. The van der Waals surface area contributed by atoms with Crippen molar-refractivity contribution in [1.29, 1.82) is 0 Å². The van der Waals surface area contributed by atoms with Crippen LogP contribution in [0.15, 0.2) is 5.10 Å². The molecule has 0 aliphatic heterocycles. The summed E-state index contributed by atoms with van der Waals surface area (Å²) in [6.45, 7) is 3.22. The third kappa shape index (κ3) is 2.72. The van der Waals surface area contributed by atoms with Crippen LogP contribution in [-0.2, 0) is 0 Å². The molecule has 4 nitrogen and oxygen atoms in total. The van der Waals surface area contributed by atoms with Crippen LogP contribution in [0.3, 0.4) is 0 Å². The highest BCUT2D eigenvalue weighted by atomic mass is 16.2. The first-order valence-electron chi connectivity index (χ1n) is 4.74. The number of carbonyl (C=O) groups is 1. The molecule has 1 aliphatic rings. The Balaban J connectivity index is 2.39. The number of amides is 2. The van der Waals surface area contributed by atoms with E-state index in [1.54, 1.807) is 4.90 Å². The van der Waals surface area contributed by atoms with E-state index < -0.39 is 0 Å². The molecule has 0 unspecified atom stereocenters. The first-order chi connectivity index (χ1) is 6.25. The van der Waals surface area contributed by atoms with E-state index >= 15 is 0 Å². The molecule has 1 aliphatic carbocycles. The highest BCUT2D eigenvalue weighted by Gasteiger charge is 2.21. The first-order valence-corrected chi connectivity index (χ1v) is 4.74. The van der Waals surface area contributed by atoms with Crippen LogP contribution in [0, 0.1) is 0 Å². The van der Waals surface area contributed by atoms with E-state index in [2.05, 4.69) is 17.2 Å². The van der Waals surface area contributed by atoms with Crippen molar-refractivity contribution in [3.63, 3.8) is 0 Å². The van der Waals surface area contributed by atoms with Gasteiger partial charge >= 0.3 is 6.03 Å². The van der Waals surface area contributed by atoms with Gasteiger partial charge in [-0.3, -0.25) is 0 Å². The lowest BCUT2D eigenvalue weighted by Gasteiger charge is -2.30. The second-order valence-electron chi connectivity index (χ2n) is 3.48. The normalized spacial score (nSPS) is 17.9. The third-order valence-electron chi connectivity index (χ3n) is 2.62. The smallest absolute Gasteiger partial charge is 0.323 e. The van der Waals surface area contributed by atoms with E-state index in [9.17, 15) is 4.79 Å². The number of carbonyl (C=O) groups excluding carboxylic acids is 1. The van der Waals surface area contributed by atoms with Gasteiger partial charge in [0, 0.05) is 19.8 Å². The Bertz CT molecular complexity index is 187. The second kappa shape index (κ2) is 4.84. The summed E-state index contributed by atoms with van der Waals surface area (Å²) in [5.41, 5.74) is 2.34. The van der Waals surface area contributed by atoms with Gasteiger partial charge < -0.3 is 4.90 Å². The van der Waals surface area contributed by atoms with Gasteiger partial charge in [0.25, 0.3) is 0 Å². The summed E-state index contributed by atoms with van der Waals surface area (Å²) in [5.74, 6) is 0. The second-order valence-corrected chi connectivity index (χ2v) is 3.48. The van der Waals surface area contributed by atoms with Crippen LogP contribution in [0.25, 0.3) is 0 Å². The number of urea groups is 1. The quantitative estimate of drug-likeness (QED) is 0.512. The van der Waals surface area contributed by atoms with E-state index in [0.717, 1.165) is 12.8 Å². The Kier molecular flexibility index (Phi) is 3.73. The molecule has 4 heteroatoms. The predicted molar refractivity (Wildman–Crippen MR) is 52.7 cm³/mol. The SMILES string of the molecule is C=NNC(=O)N(C)C1CCCCC1. The average molecular weight is 183 g/mol. The van der Waals surface area contributed by atoms with Crippen LogP contribution >= 0.6 is 0 Å². The Morgan fingerprint density at radius 1 is 1.46 bits per heavy atom. The molecule has 2 amide bonds. The molecule has 0 saturated heterocycles. The molecule has 0 radical (unpaired) electrons. The summed E-state index contributed by atoms with van der Waals surface area (Å²) in [4.78, 5) is 13.1. The first kappa shape index (κ1) is 10.0. The summed E-state index contributed by atoms with van der Waals surface area (Å²) in [6.07, 6.45) is 5.97. The van der Waals surface area contributed by atoms with Crippen LogP contribution in [0.4, 0.5) is 4.79 Å². The van der Waals surface area contributed by atoms with Gasteiger partial charge in [0.15, 0.2) is 0 Å². The molecule has 13 heavy (non-hydrogen) atoms. The van der Waals surface area contributed by atoms with E-state index in [0.29, 0.717) is 6.04 Å². The van der Waals surface area contributed by atoms with Gasteiger partial charge in [-0.1, -0.05) is 19.3 Å². The van der Waals surface area contributed by atoms with E-state index in [1.807, 2.05) is 7.05 Å². The summed E-state index contributed by atoms with van der Waals surface area (Å²) >= 11 is 0. The third-order valence-corrected chi connectivity index (χ3v) is 2.62. The summed E-state index contributed by atoms with van der Waals surface area (Å²) in [7, 11) is 1.82. The number of hydrazone groups is 1. The lowest BCUT2D eigenvalue weighted by molar-refractivity contribution is 0.174. The van der Waals surface area contributed by atoms with Gasteiger partial charge in [0.1, 0.15) is 0 Å². The molecular formula is C9H17N3O. The summed E-state index contributed by atoms with van der Waals surface area (Å²) < 4.78 is 0. The van der Waals surface area contributed by atoms with Crippen molar-refractivity contribution in [3.05, 3.63) is 0 Å². The molecule has 0 aromatic rings. The number of nitrogens with one attached hydrogen (secondary N) is 1. The molecule has 0 aromatic carbocycles. The molecule has 1 fully saturated rings. The standard InChI is InChI=1S/C9H17N3O/c1-10-11-9(13)12(2)8-6-4-3-5-7-8/h8H,1,3-7H2,2H3,(H,11,13). The van der Waals surface area contributed by atoms with Gasteiger partial charge in [-0.15, -0.1) is 0 Å². The maximum Gasteiger partial charge on any atom is 0.337 e. The van der Waals surface area contributed by atoms with Crippen molar-refractivity contribution in [3.8, 4) is 0 Å². The Hall–Kier alpha value is -1.06. The van der Waals surface area contributed by atoms with Crippen LogP contribution in [-0.4, -0.2) is 30.7 Å². The van der Waals surface area contributed by atoms with Gasteiger partial charge in [0.05, 0.1) is 0 Å². The minimum Gasteiger partial charge on any atom is -0.323 e. The van der Waals surface area contributed by atoms with Crippen molar-refractivity contribution >= 4 is 12.7 Å². The van der Waals surface area contributed by atoms with Gasteiger partial charge in [-0.05, 0) is 12.8 Å². The largest absolute Gasteiger partial charge is 0.337 e. The molecule has 0 bridgehead atoms. The Morgan fingerprint density at radius 2 is 2.08 bits per heavy atom. The fraction of sp³-hybridized carbons (Fsp3) is 0.778. The molecule has 1 rings (SSSR count). The molecule has 0 heterocycles. The predicted octanol–water partition coefficient (Wildman–Crippen LogP) is 1.58. The highest BCUT2D eigenvalue weighted by Crippen LogP contribution is 2.21. The van der Waals surface area contributed by atoms with Crippen LogP contribution in [0.2, 0.25) is 0 Å². The van der Waals surface area contributed by atoms with Gasteiger partial charge in [0.2, 0.25) is 0 Å². The maximum atomic E-state index is 11.3. The minimum atomic E-state index is -0.151. The Labute approximate surface area is 79.0 Å². The van der Waals surface area contributed by atoms with E-state index in [1.165, 1.54) is 19.3 Å². The van der Waals surface area contributed by atoms with Crippen molar-refractivity contribution < 1.29 is 4.79 Å². The van der Waals surface area contributed by atoms with Gasteiger partial charge in [-0.25, -0.2) is 10.2 Å². The molecule has 0 atom stereocenters. The topological polar surface area (TPSA) is 44.7 Å². The molecule has 1 N–H and O–H groups in total. The fourth-order valence-electron chi connectivity index (χ4n) is 1.78.